The highest BCUT2D eigenvalue weighted by Gasteiger charge is 2.26. The number of carbonyl (C=O) groups is 1. The van der Waals surface area contributed by atoms with E-state index in [9.17, 15) is 4.79 Å². The van der Waals surface area contributed by atoms with Gasteiger partial charge in [0.05, 0.1) is 17.1 Å². The molecule has 8 heteroatoms. The number of hydrogen-bond acceptors (Lipinski definition) is 4. The van der Waals surface area contributed by atoms with Crippen LogP contribution in [0.3, 0.4) is 0 Å². The van der Waals surface area contributed by atoms with Crippen LogP contribution >= 0.6 is 24.8 Å². The van der Waals surface area contributed by atoms with Gasteiger partial charge >= 0.3 is 0 Å². The summed E-state index contributed by atoms with van der Waals surface area (Å²) >= 11 is 0. The van der Waals surface area contributed by atoms with E-state index in [0.29, 0.717) is 13.2 Å². The van der Waals surface area contributed by atoms with Crippen LogP contribution < -0.4 is 11.1 Å². The second-order valence-corrected chi connectivity index (χ2v) is 6.64. The summed E-state index contributed by atoms with van der Waals surface area (Å²) in [5, 5.41) is 2.91. The maximum atomic E-state index is 12.4. The lowest BCUT2D eigenvalue weighted by Gasteiger charge is -2.26. The van der Waals surface area contributed by atoms with E-state index in [1.165, 1.54) is 0 Å². The Kier molecular flexibility index (Phi) is 7.83. The van der Waals surface area contributed by atoms with Crippen molar-refractivity contribution in [3.63, 3.8) is 0 Å². The SMILES string of the molecule is Cl.Cl.NC(C(=O)Nc1ccc(-c2nc3ccccc3[nH]2)cc1)C1CCOCC1. The first kappa shape index (κ1) is 22.2. The number of H-pyrrole nitrogens is 1. The summed E-state index contributed by atoms with van der Waals surface area (Å²) in [4.78, 5) is 20.3. The molecule has 4 N–H and O–H groups in total. The number of anilines is 1. The number of benzene rings is 2. The number of nitrogens with one attached hydrogen (secondary N) is 2. The van der Waals surface area contributed by atoms with Crippen molar-refractivity contribution in [1.29, 1.82) is 0 Å². The number of para-hydroxylation sites is 2. The lowest BCUT2D eigenvalue weighted by Crippen LogP contribution is -2.43. The molecule has 1 aliphatic heterocycles. The molecule has 0 radical (unpaired) electrons. The van der Waals surface area contributed by atoms with E-state index in [1.807, 2.05) is 48.5 Å². The predicted octanol–water partition coefficient (Wildman–Crippen LogP) is 3.77. The molecule has 1 aliphatic rings. The van der Waals surface area contributed by atoms with Gasteiger partial charge in [-0.1, -0.05) is 12.1 Å². The van der Waals surface area contributed by atoms with Crippen LogP contribution in [-0.2, 0) is 9.53 Å². The number of nitrogens with zero attached hydrogens (tertiary/aromatic N) is 1. The van der Waals surface area contributed by atoms with Crippen LogP contribution in [-0.4, -0.2) is 35.1 Å². The fraction of sp³-hybridized carbons (Fsp3) is 0.300. The second kappa shape index (κ2) is 9.89. The number of nitrogens with two attached hydrogens (primary N) is 1. The summed E-state index contributed by atoms with van der Waals surface area (Å²) < 4.78 is 5.33. The number of rotatable bonds is 4. The van der Waals surface area contributed by atoms with Gasteiger partial charge in [-0.3, -0.25) is 4.79 Å². The van der Waals surface area contributed by atoms with Crippen LogP contribution in [0.1, 0.15) is 12.8 Å². The van der Waals surface area contributed by atoms with Crippen molar-refractivity contribution in [3.05, 3.63) is 48.5 Å². The van der Waals surface area contributed by atoms with Gasteiger partial charge in [0.2, 0.25) is 5.91 Å². The first-order valence-electron chi connectivity index (χ1n) is 8.90. The average molecular weight is 423 g/mol. The van der Waals surface area contributed by atoms with Gasteiger partial charge in [0, 0.05) is 24.5 Å². The Morgan fingerprint density at radius 3 is 2.46 bits per heavy atom. The highest BCUT2D eigenvalue weighted by Crippen LogP contribution is 2.23. The molecule has 0 aliphatic carbocycles. The molecule has 1 fully saturated rings. The van der Waals surface area contributed by atoms with E-state index in [1.54, 1.807) is 0 Å². The van der Waals surface area contributed by atoms with Crippen LogP contribution in [0.15, 0.2) is 48.5 Å². The molecule has 28 heavy (non-hydrogen) atoms. The monoisotopic (exact) mass is 422 g/mol. The van der Waals surface area contributed by atoms with Crippen molar-refractivity contribution in [2.45, 2.75) is 18.9 Å². The van der Waals surface area contributed by atoms with Gasteiger partial charge < -0.3 is 20.8 Å². The average Bonchev–Trinajstić information content (AvgIpc) is 3.13. The van der Waals surface area contributed by atoms with Crippen LogP contribution in [0, 0.1) is 5.92 Å². The minimum Gasteiger partial charge on any atom is -0.381 e. The molecule has 0 bridgehead atoms. The second-order valence-electron chi connectivity index (χ2n) is 6.64. The zero-order valence-electron chi connectivity index (χ0n) is 15.3. The molecule has 2 heterocycles. The maximum Gasteiger partial charge on any atom is 0.241 e. The fourth-order valence-electron chi connectivity index (χ4n) is 3.32. The number of ether oxygens (including phenoxy) is 1. The van der Waals surface area contributed by atoms with E-state index in [2.05, 4.69) is 15.3 Å². The first-order valence-corrected chi connectivity index (χ1v) is 8.90. The number of fused-ring (bicyclic) bond motifs is 1. The Labute approximate surface area is 176 Å². The summed E-state index contributed by atoms with van der Waals surface area (Å²) in [5.74, 6) is 0.843. The maximum absolute atomic E-state index is 12.4. The van der Waals surface area contributed by atoms with Crippen LogP contribution in [0.25, 0.3) is 22.4 Å². The Balaban J connectivity index is 0.00000140. The van der Waals surface area contributed by atoms with Crippen molar-refractivity contribution in [2.75, 3.05) is 18.5 Å². The molecular weight excluding hydrogens is 399 g/mol. The Bertz CT molecular complexity index is 875. The third kappa shape index (κ3) is 4.83. The highest BCUT2D eigenvalue weighted by atomic mass is 35.5. The predicted molar refractivity (Wildman–Crippen MR) is 116 cm³/mol. The highest BCUT2D eigenvalue weighted by molar-refractivity contribution is 5.95. The number of halogens is 2. The molecular formula is C20H24Cl2N4O2. The van der Waals surface area contributed by atoms with Crippen LogP contribution in [0.4, 0.5) is 5.69 Å². The van der Waals surface area contributed by atoms with E-state index in [0.717, 1.165) is 41.0 Å². The van der Waals surface area contributed by atoms with Gasteiger partial charge in [-0.15, -0.1) is 24.8 Å². The quantitative estimate of drug-likeness (QED) is 0.596. The minimum atomic E-state index is -0.506. The van der Waals surface area contributed by atoms with E-state index >= 15 is 0 Å². The van der Waals surface area contributed by atoms with Gasteiger partial charge in [0.1, 0.15) is 5.82 Å². The molecule has 3 aromatic rings. The molecule has 2 aromatic carbocycles. The topological polar surface area (TPSA) is 93.0 Å². The smallest absolute Gasteiger partial charge is 0.241 e. The lowest BCUT2D eigenvalue weighted by molar-refractivity contribution is -0.119. The number of aromatic nitrogens is 2. The minimum absolute atomic E-state index is 0. The van der Waals surface area contributed by atoms with Gasteiger partial charge in [-0.25, -0.2) is 4.98 Å². The van der Waals surface area contributed by atoms with Crippen LogP contribution in [0.5, 0.6) is 0 Å². The van der Waals surface area contributed by atoms with Crippen LogP contribution in [0.2, 0.25) is 0 Å². The third-order valence-electron chi connectivity index (χ3n) is 4.89. The zero-order valence-corrected chi connectivity index (χ0v) is 16.9. The van der Waals surface area contributed by atoms with Crippen molar-refractivity contribution in [2.24, 2.45) is 11.7 Å². The van der Waals surface area contributed by atoms with E-state index in [-0.39, 0.29) is 36.6 Å². The standard InChI is InChI=1S/C20H22N4O2.2ClH/c21-18(13-9-11-26-12-10-13)20(25)22-15-7-5-14(6-8-15)19-23-16-3-1-2-4-17(16)24-19;;/h1-8,13,18H,9-12,21H2,(H,22,25)(H,23,24);2*1H. The Morgan fingerprint density at radius 1 is 1.11 bits per heavy atom. The molecule has 6 nitrogen and oxygen atoms in total. The molecule has 1 saturated heterocycles. The third-order valence-corrected chi connectivity index (χ3v) is 4.89. The van der Waals surface area contributed by atoms with Gasteiger partial charge in [0.25, 0.3) is 0 Å². The van der Waals surface area contributed by atoms with Gasteiger partial charge in [-0.2, -0.15) is 0 Å². The number of amides is 1. The molecule has 4 rings (SSSR count). The summed E-state index contributed by atoms with van der Waals surface area (Å²) in [7, 11) is 0. The van der Waals surface area contributed by atoms with Crippen molar-refractivity contribution in [1.82, 2.24) is 9.97 Å². The lowest BCUT2D eigenvalue weighted by atomic mass is 9.92. The largest absolute Gasteiger partial charge is 0.381 e. The molecule has 150 valence electrons. The normalized spacial score (nSPS) is 15.3. The zero-order chi connectivity index (χ0) is 17.9. The van der Waals surface area contributed by atoms with Gasteiger partial charge in [0.15, 0.2) is 0 Å². The Hall–Kier alpha value is -2.12. The van der Waals surface area contributed by atoms with E-state index < -0.39 is 6.04 Å². The molecule has 0 saturated carbocycles. The molecule has 1 atom stereocenters. The van der Waals surface area contributed by atoms with Gasteiger partial charge in [-0.05, 0) is 55.2 Å². The summed E-state index contributed by atoms with van der Waals surface area (Å²) in [6.45, 7) is 1.36. The van der Waals surface area contributed by atoms with Crippen molar-refractivity contribution in [3.8, 4) is 11.4 Å². The van der Waals surface area contributed by atoms with Crippen molar-refractivity contribution < 1.29 is 9.53 Å². The fourth-order valence-corrected chi connectivity index (χ4v) is 3.32. The Morgan fingerprint density at radius 2 is 1.79 bits per heavy atom. The summed E-state index contributed by atoms with van der Waals surface area (Å²) in [6, 6.07) is 15.0. The number of imidazole rings is 1. The molecule has 1 unspecified atom stereocenters. The molecule has 0 spiro atoms. The molecule has 1 aromatic heterocycles. The number of hydrogen-bond donors (Lipinski definition) is 3. The molecule has 1 amide bonds. The summed E-state index contributed by atoms with van der Waals surface area (Å²) in [6.07, 6.45) is 1.67. The van der Waals surface area contributed by atoms with E-state index in [4.69, 9.17) is 10.5 Å². The first-order chi connectivity index (χ1) is 12.7. The number of aromatic amines is 1. The van der Waals surface area contributed by atoms with Crippen molar-refractivity contribution >= 4 is 47.4 Å². The summed E-state index contributed by atoms with van der Waals surface area (Å²) in [5.41, 5.74) is 9.76. The number of carbonyl (C=O) groups excluding carboxylic acids is 1.